The van der Waals surface area contributed by atoms with E-state index in [-0.39, 0.29) is 17.4 Å². The number of aryl methyl sites for hydroxylation is 1. The molecule has 0 N–H and O–H groups in total. The van der Waals surface area contributed by atoms with E-state index in [9.17, 15) is 13.6 Å². The summed E-state index contributed by atoms with van der Waals surface area (Å²) in [5.74, 6) is 0.343. The number of nitrogens with zero attached hydrogens (tertiary/aromatic N) is 10. The molecule has 222 valence electrons. The molecule has 1 amide bonds. The van der Waals surface area contributed by atoms with Crippen molar-refractivity contribution in [1.82, 2.24) is 49.8 Å². The van der Waals surface area contributed by atoms with Gasteiger partial charge in [0.25, 0.3) is 5.91 Å². The summed E-state index contributed by atoms with van der Waals surface area (Å²) in [7, 11) is 1.86. The summed E-state index contributed by atoms with van der Waals surface area (Å²) < 4.78 is 34.1. The van der Waals surface area contributed by atoms with E-state index in [4.69, 9.17) is 4.42 Å². The van der Waals surface area contributed by atoms with Crippen LogP contribution in [-0.2, 0) is 7.05 Å². The molecule has 1 unspecified atom stereocenters. The van der Waals surface area contributed by atoms with Crippen molar-refractivity contribution in [2.45, 2.75) is 12.6 Å². The highest BCUT2D eigenvalue weighted by Crippen LogP contribution is 2.30. The Morgan fingerprint density at radius 2 is 1.77 bits per heavy atom. The lowest BCUT2D eigenvalue weighted by atomic mass is 10.0. The fraction of sp³-hybridized carbons (Fsp3) is 0.233. The van der Waals surface area contributed by atoms with Gasteiger partial charge < -0.3 is 9.32 Å². The molecule has 1 atom stereocenters. The van der Waals surface area contributed by atoms with Gasteiger partial charge in [-0.1, -0.05) is 41.2 Å². The number of rotatable bonds is 7. The van der Waals surface area contributed by atoms with Gasteiger partial charge in [-0.2, -0.15) is 13.9 Å². The van der Waals surface area contributed by atoms with Crippen LogP contribution < -0.4 is 0 Å². The number of aromatic nitrogens is 8. The number of halogens is 2. The summed E-state index contributed by atoms with van der Waals surface area (Å²) in [6.07, 6.45) is 5.29. The third-order valence-corrected chi connectivity index (χ3v) is 7.60. The molecule has 7 rings (SSSR count). The van der Waals surface area contributed by atoms with Crippen LogP contribution in [0.25, 0.3) is 33.7 Å². The highest BCUT2D eigenvalue weighted by molar-refractivity contribution is 5.93. The zero-order valence-corrected chi connectivity index (χ0v) is 23.5. The standard InChI is InChI=1S/C30H26F2N10O2/c1-39-18-22(17-34-39)20-7-8-25-23(15-20)35-28(44-25)21-9-10-33-24(16-21)29(43)41-13-11-40(12-14-41)26(19-5-3-2-4-6-19)27-36-38-42(37-27)30(31)32/h2-10,15-18,26,30H,11-14H2,1H3. The van der Waals surface area contributed by atoms with E-state index in [2.05, 4.69) is 35.4 Å². The number of piperazine rings is 1. The molecule has 1 saturated heterocycles. The van der Waals surface area contributed by atoms with Crippen LogP contribution in [0, 0.1) is 0 Å². The number of hydrogen-bond acceptors (Lipinski definition) is 9. The molecule has 14 heteroatoms. The van der Waals surface area contributed by atoms with Crippen LogP contribution in [0.4, 0.5) is 8.78 Å². The largest absolute Gasteiger partial charge is 0.436 e. The zero-order chi connectivity index (χ0) is 30.2. The fourth-order valence-electron chi connectivity index (χ4n) is 5.41. The van der Waals surface area contributed by atoms with Crippen molar-refractivity contribution in [3.63, 3.8) is 0 Å². The Hall–Kier alpha value is -5.37. The average Bonchev–Trinajstić information content (AvgIpc) is 3.82. The van der Waals surface area contributed by atoms with Crippen LogP contribution in [0.5, 0.6) is 0 Å². The molecule has 0 aliphatic carbocycles. The molecule has 1 fully saturated rings. The minimum absolute atomic E-state index is 0.177. The van der Waals surface area contributed by atoms with Crippen LogP contribution in [0.1, 0.15) is 34.5 Å². The second-order valence-corrected chi connectivity index (χ2v) is 10.4. The lowest BCUT2D eigenvalue weighted by molar-refractivity contribution is 0.0385. The molecular formula is C30H26F2N10O2. The minimum Gasteiger partial charge on any atom is -0.436 e. The van der Waals surface area contributed by atoms with E-state index < -0.39 is 12.6 Å². The van der Waals surface area contributed by atoms with Crippen LogP contribution in [0.3, 0.4) is 0 Å². The summed E-state index contributed by atoms with van der Waals surface area (Å²) in [6, 6.07) is 18.1. The predicted octanol–water partition coefficient (Wildman–Crippen LogP) is 4.22. The van der Waals surface area contributed by atoms with Crippen LogP contribution in [-0.4, -0.2) is 81.8 Å². The smallest absolute Gasteiger partial charge is 0.350 e. The maximum atomic E-state index is 13.5. The first-order valence-electron chi connectivity index (χ1n) is 13.9. The Morgan fingerprint density at radius 1 is 0.955 bits per heavy atom. The van der Waals surface area contributed by atoms with Crippen LogP contribution in [0.2, 0.25) is 0 Å². The predicted molar refractivity (Wildman–Crippen MR) is 154 cm³/mol. The quantitative estimate of drug-likeness (QED) is 0.266. The molecule has 4 aromatic heterocycles. The van der Waals surface area contributed by atoms with E-state index in [1.54, 1.807) is 34.1 Å². The lowest BCUT2D eigenvalue weighted by Crippen LogP contribution is -2.50. The van der Waals surface area contributed by atoms with Gasteiger partial charge in [0.05, 0.1) is 12.2 Å². The highest BCUT2D eigenvalue weighted by Gasteiger charge is 2.32. The van der Waals surface area contributed by atoms with Gasteiger partial charge in [-0.15, -0.1) is 10.2 Å². The van der Waals surface area contributed by atoms with Gasteiger partial charge in [-0.05, 0) is 40.6 Å². The lowest BCUT2D eigenvalue weighted by Gasteiger charge is -2.38. The van der Waals surface area contributed by atoms with Gasteiger partial charge in [0, 0.05) is 56.7 Å². The number of hydrogen-bond donors (Lipinski definition) is 0. The van der Waals surface area contributed by atoms with Crippen molar-refractivity contribution in [3.8, 4) is 22.6 Å². The summed E-state index contributed by atoms with van der Waals surface area (Å²) in [4.78, 5) is 26.6. The van der Waals surface area contributed by atoms with Crippen LogP contribution in [0.15, 0.2) is 83.7 Å². The van der Waals surface area contributed by atoms with Gasteiger partial charge in [-0.25, -0.2) is 4.98 Å². The molecule has 6 aromatic rings. The average molecular weight is 597 g/mol. The highest BCUT2D eigenvalue weighted by atomic mass is 19.3. The van der Waals surface area contributed by atoms with Crippen molar-refractivity contribution in [1.29, 1.82) is 0 Å². The minimum atomic E-state index is -2.88. The van der Waals surface area contributed by atoms with E-state index in [0.717, 1.165) is 16.7 Å². The third-order valence-electron chi connectivity index (χ3n) is 7.60. The van der Waals surface area contributed by atoms with Crippen molar-refractivity contribution >= 4 is 17.0 Å². The number of fused-ring (bicyclic) bond motifs is 1. The molecule has 0 bridgehead atoms. The monoisotopic (exact) mass is 596 g/mol. The maximum absolute atomic E-state index is 13.5. The molecule has 12 nitrogen and oxygen atoms in total. The van der Waals surface area contributed by atoms with Gasteiger partial charge in [0.1, 0.15) is 11.2 Å². The summed E-state index contributed by atoms with van der Waals surface area (Å²) >= 11 is 0. The second-order valence-electron chi connectivity index (χ2n) is 10.4. The van der Waals surface area contributed by atoms with Crippen molar-refractivity contribution in [3.05, 3.63) is 96.3 Å². The second kappa shape index (κ2) is 11.4. The Labute approximate surface area is 249 Å². The Bertz CT molecular complexity index is 1930. The molecule has 0 spiro atoms. The molecule has 44 heavy (non-hydrogen) atoms. The topological polar surface area (TPSA) is 124 Å². The Balaban J connectivity index is 1.08. The van der Waals surface area contributed by atoms with Crippen molar-refractivity contribution < 1.29 is 18.0 Å². The molecular weight excluding hydrogens is 570 g/mol. The summed E-state index contributed by atoms with van der Waals surface area (Å²) in [5.41, 5.74) is 5.03. The number of tetrazole rings is 1. The normalized spacial score (nSPS) is 14.9. The first-order chi connectivity index (χ1) is 21.4. The summed E-state index contributed by atoms with van der Waals surface area (Å²) in [5, 5.41) is 15.6. The van der Waals surface area contributed by atoms with E-state index in [1.807, 2.05) is 61.8 Å². The Morgan fingerprint density at radius 3 is 2.50 bits per heavy atom. The first kappa shape index (κ1) is 27.5. The number of alkyl halides is 2. The molecule has 0 radical (unpaired) electrons. The first-order valence-corrected chi connectivity index (χ1v) is 13.9. The number of oxazole rings is 1. The fourth-order valence-corrected chi connectivity index (χ4v) is 5.41. The Kier molecular flexibility index (Phi) is 7.10. The number of carbonyl (C=O) groups is 1. The van der Waals surface area contributed by atoms with Gasteiger partial charge >= 0.3 is 6.55 Å². The van der Waals surface area contributed by atoms with E-state index in [0.29, 0.717) is 53.5 Å². The van der Waals surface area contributed by atoms with Gasteiger partial charge in [0.2, 0.25) is 5.89 Å². The number of carbonyl (C=O) groups excluding carboxylic acids is 1. The molecule has 1 aliphatic rings. The molecule has 1 aliphatic heterocycles. The number of amides is 1. The third kappa shape index (κ3) is 5.30. The van der Waals surface area contributed by atoms with Gasteiger partial charge in [0.15, 0.2) is 11.4 Å². The zero-order valence-electron chi connectivity index (χ0n) is 23.5. The van der Waals surface area contributed by atoms with Gasteiger partial charge in [-0.3, -0.25) is 19.4 Å². The van der Waals surface area contributed by atoms with Crippen LogP contribution >= 0.6 is 0 Å². The number of pyridine rings is 1. The maximum Gasteiger partial charge on any atom is 0.350 e. The van der Waals surface area contributed by atoms with E-state index >= 15 is 0 Å². The summed E-state index contributed by atoms with van der Waals surface area (Å²) in [6.45, 7) is -1.14. The van der Waals surface area contributed by atoms with E-state index in [1.165, 1.54) is 0 Å². The van der Waals surface area contributed by atoms with Crippen molar-refractivity contribution in [2.24, 2.45) is 7.05 Å². The number of benzene rings is 2. The SMILES string of the molecule is Cn1cc(-c2ccc3oc(-c4ccnc(C(=O)N5CCN(C(c6ccccc6)c6nnn(C(F)F)n6)CC5)c4)nc3c2)cn1. The molecule has 0 saturated carbocycles. The molecule has 2 aromatic carbocycles. The molecule has 5 heterocycles. The van der Waals surface area contributed by atoms with Crippen molar-refractivity contribution in [2.75, 3.05) is 26.2 Å².